The van der Waals surface area contributed by atoms with Crippen molar-refractivity contribution in [3.05, 3.63) is 47.0 Å². The minimum atomic E-state index is -1.31. The van der Waals surface area contributed by atoms with Gasteiger partial charge in [0.15, 0.2) is 0 Å². The van der Waals surface area contributed by atoms with Gasteiger partial charge in [-0.3, -0.25) is 19.2 Å². The Morgan fingerprint density at radius 3 is 2.43 bits per heavy atom. The first-order chi connectivity index (χ1) is 13.2. The number of aryl methyl sites for hydroxylation is 2. The summed E-state index contributed by atoms with van der Waals surface area (Å²) in [5.41, 5.74) is 1.11. The van der Waals surface area contributed by atoms with E-state index in [2.05, 4.69) is 15.7 Å². The molecule has 1 aliphatic heterocycles. The summed E-state index contributed by atoms with van der Waals surface area (Å²) < 4.78 is 14.9. The number of amides is 4. The summed E-state index contributed by atoms with van der Waals surface area (Å²) in [6.07, 6.45) is 0.266. The van der Waals surface area contributed by atoms with E-state index in [9.17, 15) is 18.8 Å². The summed E-state index contributed by atoms with van der Waals surface area (Å²) in [6.45, 7) is 4.88. The van der Waals surface area contributed by atoms with Crippen LogP contribution in [0.3, 0.4) is 0 Å². The molecule has 1 aromatic heterocycles. The zero-order chi connectivity index (χ0) is 20.6. The molecule has 1 saturated heterocycles. The number of nitrogens with one attached hydrogen (secondary N) is 2. The number of carbonyl (C=O) groups excluding carboxylic acids is 3. The van der Waals surface area contributed by atoms with Gasteiger partial charge in [-0.1, -0.05) is 19.1 Å². The minimum absolute atomic E-state index is 0.266. The van der Waals surface area contributed by atoms with Crippen LogP contribution in [-0.4, -0.2) is 39.1 Å². The first-order valence-corrected chi connectivity index (χ1v) is 8.89. The number of urea groups is 1. The molecule has 0 radical (unpaired) electrons. The average Bonchev–Trinajstić information content (AvgIpc) is 3.04. The standard InChI is InChI=1S/C19H22FN5O3/c1-5-19(13-6-8-14(20)9-7-13)17(27)25(18(28)22-19)10-15(26)21-16-11(2)23-24(4)12(16)3/h6-9H,5,10H2,1-4H3,(H,21,26)(H,22,28)/t19-/m0/s1. The predicted molar refractivity (Wildman–Crippen MR) is 99.9 cm³/mol. The van der Waals surface area contributed by atoms with E-state index in [4.69, 9.17) is 0 Å². The molecule has 1 aromatic carbocycles. The maximum absolute atomic E-state index is 13.3. The van der Waals surface area contributed by atoms with Crippen LogP contribution in [0.15, 0.2) is 24.3 Å². The number of carbonyl (C=O) groups is 3. The molecule has 1 atom stereocenters. The lowest BCUT2D eigenvalue weighted by atomic mass is 9.87. The number of aromatic nitrogens is 2. The number of halogens is 1. The van der Waals surface area contributed by atoms with Gasteiger partial charge in [-0.25, -0.2) is 9.18 Å². The molecule has 1 aliphatic rings. The largest absolute Gasteiger partial charge is 0.325 e. The molecule has 0 saturated carbocycles. The lowest BCUT2D eigenvalue weighted by Gasteiger charge is -2.25. The van der Waals surface area contributed by atoms with Crippen LogP contribution in [0, 0.1) is 19.7 Å². The number of nitrogens with zero attached hydrogens (tertiary/aromatic N) is 3. The van der Waals surface area contributed by atoms with Crippen LogP contribution in [0.25, 0.3) is 0 Å². The van der Waals surface area contributed by atoms with E-state index in [1.807, 2.05) is 0 Å². The quantitative estimate of drug-likeness (QED) is 0.767. The third-order valence-electron chi connectivity index (χ3n) is 5.12. The molecule has 0 bridgehead atoms. The second kappa shape index (κ2) is 7.06. The highest BCUT2D eigenvalue weighted by molar-refractivity contribution is 6.10. The Balaban J connectivity index is 1.81. The normalized spacial score (nSPS) is 19.1. The van der Waals surface area contributed by atoms with Gasteiger partial charge >= 0.3 is 6.03 Å². The van der Waals surface area contributed by atoms with Crippen LogP contribution in [-0.2, 0) is 22.2 Å². The van der Waals surface area contributed by atoms with Crippen LogP contribution >= 0.6 is 0 Å². The number of imide groups is 1. The summed E-state index contributed by atoms with van der Waals surface area (Å²) in [5.74, 6) is -1.49. The molecular weight excluding hydrogens is 365 g/mol. The van der Waals surface area contributed by atoms with Crippen LogP contribution < -0.4 is 10.6 Å². The summed E-state index contributed by atoms with van der Waals surface area (Å²) in [6, 6.07) is 4.72. The van der Waals surface area contributed by atoms with Crippen molar-refractivity contribution >= 4 is 23.5 Å². The van der Waals surface area contributed by atoms with E-state index in [0.29, 0.717) is 16.9 Å². The topological polar surface area (TPSA) is 96.3 Å². The lowest BCUT2D eigenvalue weighted by molar-refractivity contribution is -0.134. The van der Waals surface area contributed by atoms with Crippen molar-refractivity contribution in [1.82, 2.24) is 20.0 Å². The highest BCUT2D eigenvalue weighted by atomic mass is 19.1. The summed E-state index contributed by atoms with van der Waals surface area (Å²) >= 11 is 0. The Morgan fingerprint density at radius 2 is 1.89 bits per heavy atom. The highest BCUT2D eigenvalue weighted by Gasteiger charge is 2.51. The van der Waals surface area contributed by atoms with Gasteiger partial charge in [-0.05, 0) is 38.0 Å². The molecule has 0 unspecified atom stereocenters. The van der Waals surface area contributed by atoms with E-state index in [-0.39, 0.29) is 6.42 Å². The number of anilines is 1. The van der Waals surface area contributed by atoms with E-state index >= 15 is 0 Å². The van der Waals surface area contributed by atoms with Gasteiger partial charge in [0.25, 0.3) is 5.91 Å². The minimum Gasteiger partial charge on any atom is -0.321 e. The van der Waals surface area contributed by atoms with Crippen molar-refractivity contribution < 1.29 is 18.8 Å². The number of benzene rings is 1. The van der Waals surface area contributed by atoms with Crippen LogP contribution in [0.2, 0.25) is 0 Å². The Morgan fingerprint density at radius 1 is 1.25 bits per heavy atom. The van der Waals surface area contributed by atoms with E-state index < -0.39 is 35.7 Å². The van der Waals surface area contributed by atoms with Gasteiger partial charge in [-0.2, -0.15) is 5.10 Å². The fourth-order valence-electron chi connectivity index (χ4n) is 3.42. The maximum Gasteiger partial charge on any atom is 0.325 e. The van der Waals surface area contributed by atoms with Gasteiger partial charge < -0.3 is 10.6 Å². The second-order valence-corrected chi connectivity index (χ2v) is 6.80. The first-order valence-electron chi connectivity index (χ1n) is 8.89. The molecule has 9 heteroatoms. The summed E-state index contributed by atoms with van der Waals surface area (Å²) in [5, 5.41) is 9.60. The van der Waals surface area contributed by atoms with Crippen molar-refractivity contribution in [3.8, 4) is 0 Å². The molecular formula is C19H22FN5O3. The molecule has 148 valence electrons. The Bertz CT molecular complexity index is 953. The van der Waals surface area contributed by atoms with Crippen LogP contribution in [0.4, 0.5) is 14.9 Å². The van der Waals surface area contributed by atoms with E-state index in [1.165, 1.54) is 24.3 Å². The molecule has 2 aromatic rings. The third kappa shape index (κ3) is 3.12. The van der Waals surface area contributed by atoms with E-state index in [0.717, 1.165) is 10.6 Å². The van der Waals surface area contributed by atoms with Crippen molar-refractivity contribution in [2.24, 2.45) is 7.05 Å². The zero-order valence-corrected chi connectivity index (χ0v) is 16.2. The number of hydrogen-bond donors (Lipinski definition) is 2. The average molecular weight is 387 g/mol. The van der Waals surface area contributed by atoms with Gasteiger partial charge in [0.2, 0.25) is 5.91 Å². The van der Waals surface area contributed by atoms with Gasteiger partial charge in [0.1, 0.15) is 17.9 Å². The fourth-order valence-corrected chi connectivity index (χ4v) is 3.42. The molecule has 2 heterocycles. The Hall–Kier alpha value is -3.23. The van der Waals surface area contributed by atoms with Crippen molar-refractivity contribution in [2.45, 2.75) is 32.7 Å². The molecule has 1 fully saturated rings. The molecule has 0 spiro atoms. The van der Waals surface area contributed by atoms with Crippen molar-refractivity contribution in [3.63, 3.8) is 0 Å². The Kier molecular flexibility index (Phi) is 4.93. The maximum atomic E-state index is 13.3. The molecule has 0 aliphatic carbocycles. The predicted octanol–water partition coefficient (Wildman–Crippen LogP) is 1.97. The summed E-state index contributed by atoms with van der Waals surface area (Å²) in [7, 11) is 1.76. The van der Waals surface area contributed by atoms with Crippen LogP contribution in [0.5, 0.6) is 0 Å². The van der Waals surface area contributed by atoms with Gasteiger partial charge in [0, 0.05) is 7.05 Å². The van der Waals surface area contributed by atoms with E-state index in [1.54, 1.807) is 32.5 Å². The second-order valence-electron chi connectivity index (χ2n) is 6.80. The third-order valence-corrected chi connectivity index (χ3v) is 5.12. The van der Waals surface area contributed by atoms with Crippen molar-refractivity contribution in [2.75, 3.05) is 11.9 Å². The number of rotatable bonds is 5. The van der Waals surface area contributed by atoms with Crippen LogP contribution in [0.1, 0.15) is 30.3 Å². The number of hydrogen-bond acceptors (Lipinski definition) is 4. The molecule has 28 heavy (non-hydrogen) atoms. The zero-order valence-electron chi connectivity index (χ0n) is 16.2. The highest BCUT2D eigenvalue weighted by Crippen LogP contribution is 2.32. The Labute approximate surface area is 161 Å². The molecule has 8 nitrogen and oxygen atoms in total. The summed E-state index contributed by atoms with van der Waals surface area (Å²) in [4.78, 5) is 38.8. The molecule has 4 amide bonds. The molecule has 3 rings (SSSR count). The van der Waals surface area contributed by atoms with Gasteiger partial charge in [-0.15, -0.1) is 0 Å². The smallest absolute Gasteiger partial charge is 0.321 e. The van der Waals surface area contributed by atoms with Gasteiger partial charge in [0.05, 0.1) is 17.1 Å². The SMILES string of the molecule is CC[C@@]1(c2ccc(F)cc2)NC(=O)N(CC(=O)Nc2c(C)nn(C)c2C)C1=O. The van der Waals surface area contributed by atoms with Crippen molar-refractivity contribution in [1.29, 1.82) is 0 Å². The lowest BCUT2D eigenvalue weighted by Crippen LogP contribution is -2.44. The fraction of sp³-hybridized carbons (Fsp3) is 0.368. The monoisotopic (exact) mass is 387 g/mol. The first kappa shape index (κ1) is 19.5. The molecule has 2 N–H and O–H groups in total.